The van der Waals surface area contributed by atoms with E-state index >= 15 is 0 Å². The second kappa shape index (κ2) is 7.02. The highest BCUT2D eigenvalue weighted by atomic mass is 32.2. The van der Waals surface area contributed by atoms with Gasteiger partial charge in [-0.05, 0) is 42.8 Å². The number of hydrogen-bond acceptors (Lipinski definition) is 4. The number of nitrogens with zero attached hydrogens (tertiary/aromatic N) is 1. The minimum atomic E-state index is -3.77. The van der Waals surface area contributed by atoms with Gasteiger partial charge >= 0.3 is 0 Å². The predicted molar refractivity (Wildman–Crippen MR) is 94.5 cm³/mol. The highest BCUT2D eigenvalue weighted by Gasteiger charge is 2.15. The number of primary sulfonamides is 1. The maximum absolute atomic E-state index is 12.4. The highest BCUT2D eigenvalue weighted by molar-refractivity contribution is 7.89. The van der Waals surface area contributed by atoms with Crippen LogP contribution in [0.3, 0.4) is 0 Å². The summed E-state index contributed by atoms with van der Waals surface area (Å²) in [5.74, 6) is -0.229. The fraction of sp³-hybridized carbons (Fsp3) is 0.235. The van der Waals surface area contributed by atoms with Gasteiger partial charge in [-0.3, -0.25) is 4.79 Å². The zero-order valence-corrected chi connectivity index (χ0v) is 14.7. The molecular formula is C17H21N3O3S. The number of nitrogens with one attached hydrogen (secondary N) is 1. The van der Waals surface area contributed by atoms with Crippen molar-refractivity contribution in [2.24, 2.45) is 5.14 Å². The van der Waals surface area contributed by atoms with Crippen molar-refractivity contribution < 1.29 is 13.2 Å². The van der Waals surface area contributed by atoms with Crippen molar-refractivity contribution in [3.05, 3.63) is 59.7 Å². The van der Waals surface area contributed by atoms with Gasteiger partial charge in [0, 0.05) is 25.3 Å². The van der Waals surface area contributed by atoms with E-state index in [1.165, 1.54) is 12.1 Å². The second-order valence-electron chi connectivity index (χ2n) is 5.76. The molecule has 0 aromatic heterocycles. The normalized spacial score (nSPS) is 12.5. The minimum absolute atomic E-state index is 0.0238. The summed E-state index contributed by atoms with van der Waals surface area (Å²) in [4.78, 5) is 14.3. The molecule has 2 aromatic carbocycles. The lowest BCUT2D eigenvalue weighted by Gasteiger charge is -2.17. The second-order valence-corrected chi connectivity index (χ2v) is 7.32. The number of sulfonamides is 1. The Labute approximate surface area is 142 Å². The van der Waals surface area contributed by atoms with Crippen LogP contribution in [0, 0.1) is 0 Å². The van der Waals surface area contributed by atoms with Crippen molar-refractivity contribution in [3.8, 4) is 0 Å². The third-order valence-electron chi connectivity index (χ3n) is 3.66. The summed E-state index contributed by atoms with van der Waals surface area (Å²) in [5.41, 5.74) is 2.13. The molecule has 128 valence electrons. The van der Waals surface area contributed by atoms with Crippen LogP contribution in [0.2, 0.25) is 0 Å². The van der Waals surface area contributed by atoms with Gasteiger partial charge in [0.15, 0.2) is 0 Å². The molecule has 0 fully saturated rings. The number of carbonyl (C=O) groups is 1. The molecule has 24 heavy (non-hydrogen) atoms. The molecule has 2 rings (SSSR count). The van der Waals surface area contributed by atoms with Crippen LogP contribution in [-0.4, -0.2) is 28.4 Å². The molecule has 0 aliphatic rings. The van der Waals surface area contributed by atoms with Gasteiger partial charge in [-0.2, -0.15) is 0 Å². The molecule has 1 amide bonds. The molecule has 0 bridgehead atoms. The molecule has 3 N–H and O–H groups in total. The van der Waals surface area contributed by atoms with Crippen LogP contribution >= 0.6 is 0 Å². The van der Waals surface area contributed by atoms with Crippen molar-refractivity contribution >= 4 is 21.6 Å². The first-order valence-electron chi connectivity index (χ1n) is 7.39. The summed E-state index contributed by atoms with van der Waals surface area (Å²) in [6, 6.07) is 13.1. The topological polar surface area (TPSA) is 92.5 Å². The quantitative estimate of drug-likeness (QED) is 0.864. The van der Waals surface area contributed by atoms with Crippen LogP contribution in [0.5, 0.6) is 0 Å². The lowest BCUT2D eigenvalue weighted by Crippen LogP contribution is -2.27. The average Bonchev–Trinajstić information content (AvgIpc) is 2.54. The fourth-order valence-corrected chi connectivity index (χ4v) is 2.82. The molecule has 1 unspecified atom stereocenters. The summed E-state index contributed by atoms with van der Waals surface area (Å²) < 4.78 is 22.9. The van der Waals surface area contributed by atoms with Crippen LogP contribution in [0.1, 0.15) is 28.9 Å². The molecular weight excluding hydrogens is 326 g/mol. The molecule has 7 heteroatoms. The van der Waals surface area contributed by atoms with Crippen LogP contribution in [0.4, 0.5) is 5.69 Å². The largest absolute Gasteiger partial charge is 0.378 e. The molecule has 0 radical (unpaired) electrons. The molecule has 0 spiro atoms. The number of anilines is 1. The van der Waals surface area contributed by atoms with Crippen LogP contribution in [0.15, 0.2) is 53.4 Å². The van der Waals surface area contributed by atoms with E-state index in [1.54, 1.807) is 31.2 Å². The van der Waals surface area contributed by atoms with Gasteiger partial charge in [-0.25, -0.2) is 13.6 Å². The van der Waals surface area contributed by atoms with Gasteiger partial charge in [-0.15, -0.1) is 0 Å². The fourth-order valence-electron chi connectivity index (χ4n) is 2.25. The number of carbonyl (C=O) groups excluding carboxylic acids is 1. The maximum atomic E-state index is 12.4. The smallest absolute Gasteiger partial charge is 0.251 e. The standard InChI is InChI=1S/C17H21N3O3S/c1-12(13-6-5-9-16(11-13)24(18,22)23)19-17(21)14-7-4-8-15(10-14)20(2)3/h4-12H,1-3H3,(H,19,21)(H2,18,22,23). The lowest BCUT2D eigenvalue weighted by molar-refractivity contribution is 0.0940. The Hall–Kier alpha value is -2.38. The Morgan fingerprint density at radius 1 is 1.12 bits per heavy atom. The highest BCUT2D eigenvalue weighted by Crippen LogP contribution is 2.18. The van der Waals surface area contributed by atoms with Crippen molar-refractivity contribution in [1.82, 2.24) is 5.32 Å². The minimum Gasteiger partial charge on any atom is -0.378 e. The number of rotatable bonds is 5. The van der Waals surface area contributed by atoms with Gasteiger partial charge in [0.2, 0.25) is 10.0 Å². The first kappa shape index (κ1) is 18.0. The van der Waals surface area contributed by atoms with Gasteiger partial charge in [0.05, 0.1) is 10.9 Å². The van der Waals surface area contributed by atoms with E-state index in [0.717, 1.165) is 5.69 Å². The Bertz CT molecular complexity index is 848. The first-order valence-corrected chi connectivity index (χ1v) is 8.94. The van der Waals surface area contributed by atoms with Crippen LogP contribution < -0.4 is 15.4 Å². The van der Waals surface area contributed by atoms with E-state index in [9.17, 15) is 13.2 Å². The zero-order chi connectivity index (χ0) is 17.9. The van der Waals surface area contributed by atoms with E-state index < -0.39 is 10.0 Å². The summed E-state index contributed by atoms with van der Waals surface area (Å²) in [6.45, 7) is 1.79. The molecule has 1 atom stereocenters. The van der Waals surface area contributed by atoms with E-state index in [1.807, 2.05) is 31.1 Å². The predicted octanol–water partition coefficient (Wildman–Crippen LogP) is 1.89. The van der Waals surface area contributed by atoms with Crippen molar-refractivity contribution in [2.45, 2.75) is 17.9 Å². The molecule has 6 nitrogen and oxygen atoms in total. The van der Waals surface area contributed by atoms with Crippen LogP contribution in [0.25, 0.3) is 0 Å². The van der Waals surface area contributed by atoms with Crippen molar-refractivity contribution in [1.29, 1.82) is 0 Å². The van der Waals surface area contributed by atoms with E-state index in [2.05, 4.69) is 5.32 Å². The van der Waals surface area contributed by atoms with E-state index in [4.69, 9.17) is 5.14 Å². The Balaban J connectivity index is 2.19. The lowest BCUT2D eigenvalue weighted by atomic mass is 10.1. The van der Waals surface area contributed by atoms with E-state index in [-0.39, 0.29) is 16.8 Å². The molecule has 2 aromatic rings. The SMILES string of the molecule is CC(NC(=O)c1cccc(N(C)C)c1)c1cccc(S(N)(=O)=O)c1. The molecule has 0 saturated carbocycles. The summed E-state index contributed by atoms with van der Waals surface area (Å²) in [7, 11) is 0.0295. The van der Waals surface area contributed by atoms with Crippen LogP contribution in [-0.2, 0) is 10.0 Å². The van der Waals surface area contributed by atoms with Gasteiger partial charge in [0.25, 0.3) is 5.91 Å². The maximum Gasteiger partial charge on any atom is 0.251 e. The van der Waals surface area contributed by atoms with Gasteiger partial charge in [0.1, 0.15) is 0 Å². The Kier molecular flexibility index (Phi) is 5.26. The monoisotopic (exact) mass is 347 g/mol. The summed E-state index contributed by atoms with van der Waals surface area (Å²) >= 11 is 0. The van der Waals surface area contributed by atoms with Gasteiger partial charge < -0.3 is 10.2 Å². The Morgan fingerprint density at radius 3 is 2.42 bits per heavy atom. The molecule has 0 aliphatic heterocycles. The molecule has 0 saturated heterocycles. The number of amides is 1. The summed E-state index contributed by atoms with van der Waals surface area (Å²) in [5, 5.41) is 8.01. The van der Waals surface area contributed by atoms with Crippen molar-refractivity contribution in [3.63, 3.8) is 0 Å². The number of nitrogens with two attached hydrogens (primary N) is 1. The molecule has 0 heterocycles. The number of hydrogen-bond donors (Lipinski definition) is 2. The third-order valence-corrected chi connectivity index (χ3v) is 4.57. The molecule has 0 aliphatic carbocycles. The Morgan fingerprint density at radius 2 is 1.79 bits per heavy atom. The average molecular weight is 347 g/mol. The third kappa shape index (κ3) is 4.33. The first-order chi connectivity index (χ1) is 11.2. The van der Waals surface area contributed by atoms with E-state index in [0.29, 0.717) is 11.1 Å². The summed E-state index contributed by atoms with van der Waals surface area (Å²) in [6.07, 6.45) is 0. The van der Waals surface area contributed by atoms with Crippen molar-refractivity contribution in [2.75, 3.05) is 19.0 Å². The number of benzene rings is 2. The van der Waals surface area contributed by atoms with Gasteiger partial charge in [-0.1, -0.05) is 18.2 Å². The zero-order valence-electron chi connectivity index (χ0n) is 13.9.